The summed E-state index contributed by atoms with van der Waals surface area (Å²) in [5, 5.41) is 10.8. The first-order chi connectivity index (χ1) is 8.62. The van der Waals surface area contributed by atoms with E-state index in [9.17, 15) is 9.50 Å². The van der Waals surface area contributed by atoms with E-state index in [1.165, 1.54) is 37.8 Å². The van der Waals surface area contributed by atoms with E-state index in [2.05, 4.69) is 0 Å². The van der Waals surface area contributed by atoms with E-state index in [-0.39, 0.29) is 5.82 Å². The predicted octanol–water partition coefficient (Wildman–Crippen LogP) is 4.15. The number of halogens is 1. The summed E-state index contributed by atoms with van der Waals surface area (Å²) in [5.74, 6) is -0.231. The van der Waals surface area contributed by atoms with Crippen molar-refractivity contribution in [3.05, 3.63) is 35.6 Å². The molecule has 1 spiro atoms. The molecule has 2 fully saturated rings. The SMILES string of the molecule is OC1(c2ccc(F)cc2)CCC2(CCCC2)CC1. The normalized spacial score (nSPS) is 25.4. The van der Waals surface area contributed by atoms with Crippen LogP contribution in [0.25, 0.3) is 0 Å². The van der Waals surface area contributed by atoms with E-state index in [1.54, 1.807) is 12.1 Å². The Morgan fingerprint density at radius 1 is 0.833 bits per heavy atom. The molecule has 2 aliphatic carbocycles. The van der Waals surface area contributed by atoms with Gasteiger partial charge < -0.3 is 5.11 Å². The van der Waals surface area contributed by atoms with Crippen LogP contribution in [0.5, 0.6) is 0 Å². The lowest BCUT2D eigenvalue weighted by molar-refractivity contribution is -0.0376. The molecule has 3 rings (SSSR count). The molecule has 0 unspecified atom stereocenters. The van der Waals surface area contributed by atoms with Crippen molar-refractivity contribution in [3.63, 3.8) is 0 Å². The first kappa shape index (κ1) is 12.2. The van der Waals surface area contributed by atoms with Crippen molar-refractivity contribution in [1.82, 2.24) is 0 Å². The van der Waals surface area contributed by atoms with Gasteiger partial charge in [0.2, 0.25) is 0 Å². The van der Waals surface area contributed by atoms with Gasteiger partial charge in [-0.2, -0.15) is 0 Å². The Balaban J connectivity index is 1.75. The maximum Gasteiger partial charge on any atom is 0.123 e. The largest absolute Gasteiger partial charge is 0.385 e. The summed E-state index contributed by atoms with van der Waals surface area (Å²) in [6.07, 6.45) is 9.31. The Morgan fingerprint density at radius 2 is 1.39 bits per heavy atom. The third-order valence-electron chi connectivity index (χ3n) is 5.18. The molecule has 0 bridgehead atoms. The first-order valence-corrected chi connectivity index (χ1v) is 7.11. The van der Waals surface area contributed by atoms with Crippen molar-refractivity contribution in [3.8, 4) is 0 Å². The van der Waals surface area contributed by atoms with Gasteiger partial charge in [0.05, 0.1) is 5.60 Å². The van der Waals surface area contributed by atoms with Crippen LogP contribution in [-0.4, -0.2) is 5.11 Å². The van der Waals surface area contributed by atoms with Gasteiger partial charge in [0, 0.05) is 0 Å². The van der Waals surface area contributed by atoms with E-state index in [0.717, 1.165) is 31.2 Å². The van der Waals surface area contributed by atoms with E-state index in [1.807, 2.05) is 0 Å². The molecule has 0 radical (unpaired) electrons. The van der Waals surface area contributed by atoms with Gasteiger partial charge >= 0.3 is 0 Å². The maximum absolute atomic E-state index is 12.9. The second-order valence-electron chi connectivity index (χ2n) is 6.25. The van der Waals surface area contributed by atoms with E-state index < -0.39 is 5.60 Å². The zero-order chi connectivity index (χ0) is 12.6. The Hall–Kier alpha value is -0.890. The highest BCUT2D eigenvalue weighted by Gasteiger charge is 2.43. The molecular weight excluding hydrogens is 227 g/mol. The average molecular weight is 248 g/mol. The first-order valence-electron chi connectivity index (χ1n) is 7.11. The highest BCUT2D eigenvalue weighted by molar-refractivity contribution is 5.24. The van der Waals surface area contributed by atoms with Gasteiger partial charge in [-0.15, -0.1) is 0 Å². The van der Waals surface area contributed by atoms with Crippen molar-refractivity contribution in [1.29, 1.82) is 0 Å². The van der Waals surface area contributed by atoms with Crippen molar-refractivity contribution in [2.75, 3.05) is 0 Å². The molecular formula is C16H21FO. The van der Waals surface area contributed by atoms with Crippen LogP contribution in [-0.2, 0) is 5.60 Å². The van der Waals surface area contributed by atoms with Gasteiger partial charge in [-0.25, -0.2) is 4.39 Å². The summed E-state index contributed by atoms with van der Waals surface area (Å²) in [4.78, 5) is 0. The van der Waals surface area contributed by atoms with Crippen LogP contribution in [0, 0.1) is 11.2 Å². The smallest absolute Gasteiger partial charge is 0.123 e. The van der Waals surface area contributed by atoms with Gasteiger partial charge in [-0.3, -0.25) is 0 Å². The van der Waals surface area contributed by atoms with E-state index in [0.29, 0.717) is 5.41 Å². The molecule has 1 N–H and O–H groups in total. The molecule has 0 saturated heterocycles. The van der Waals surface area contributed by atoms with Crippen LogP contribution in [0.15, 0.2) is 24.3 Å². The Bertz CT molecular complexity index is 407. The Kier molecular flexibility index (Phi) is 2.93. The second-order valence-corrected chi connectivity index (χ2v) is 6.25. The van der Waals surface area contributed by atoms with Crippen LogP contribution < -0.4 is 0 Å². The highest BCUT2D eigenvalue weighted by Crippen LogP contribution is 2.53. The Labute approximate surface area is 108 Å². The standard InChI is InChI=1S/C16H21FO/c17-14-5-3-13(4-6-14)16(18)11-9-15(10-12-16)7-1-2-8-15/h3-6,18H,1-2,7-12H2. The number of hydrogen-bond donors (Lipinski definition) is 1. The van der Waals surface area contributed by atoms with Gasteiger partial charge in [-0.05, 0) is 61.6 Å². The number of rotatable bonds is 1. The van der Waals surface area contributed by atoms with Gasteiger partial charge in [0.25, 0.3) is 0 Å². The molecule has 0 atom stereocenters. The molecule has 0 amide bonds. The predicted molar refractivity (Wildman–Crippen MR) is 69.7 cm³/mol. The molecule has 2 heteroatoms. The van der Waals surface area contributed by atoms with Crippen LogP contribution in [0.1, 0.15) is 56.9 Å². The third kappa shape index (κ3) is 2.07. The summed E-state index contributed by atoms with van der Waals surface area (Å²) in [5.41, 5.74) is 0.685. The summed E-state index contributed by atoms with van der Waals surface area (Å²) in [6, 6.07) is 6.38. The zero-order valence-electron chi connectivity index (χ0n) is 10.8. The summed E-state index contributed by atoms with van der Waals surface area (Å²) in [6.45, 7) is 0. The fourth-order valence-corrected chi connectivity index (χ4v) is 3.87. The summed E-state index contributed by atoms with van der Waals surface area (Å²) in [7, 11) is 0. The van der Waals surface area contributed by atoms with Crippen molar-refractivity contribution < 1.29 is 9.50 Å². The fourth-order valence-electron chi connectivity index (χ4n) is 3.87. The lowest BCUT2D eigenvalue weighted by Crippen LogP contribution is -2.35. The lowest BCUT2D eigenvalue weighted by atomic mass is 9.66. The number of aliphatic hydroxyl groups is 1. The zero-order valence-corrected chi connectivity index (χ0v) is 10.8. The molecule has 18 heavy (non-hydrogen) atoms. The van der Waals surface area contributed by atoms with Crippen LogP contribution in [0.2, 0.25) is 0 Å². The third-order valence-corrected chi connectivity index (χ3v) is 5.18. The second kappa shape index (κ2) is 4.34. The molecule has 0 aliphatic heterocycles. The van der Waals surface area contributed by atoms with Crippen molar-refractivity contribution in [2.24, 2.45) is 5.41 Å². The Morgan fingerprint density at radius 3 is 1.94 bits per heavy atom. The van der Waals surface area contributed by atoms with Gasteiger partial charge in [0.1, 0.15) is 5.82 Å². The molecule has 1 aromatic rings. The highest BCUT2D eigenvalue weighted by atomic mass is 19.1. The molecule has 1 aromatic carbocycles. The molecule has 1 nitrogen and oxygen atoms in total. The molecule has 2 saturated carbocycles. The minimum atomic E-state index is -0.721. The average Bonchev–Trinajstić information content (AvgIpc) is 2.83. The maximum atomic E-state index is 12.9. The molecule has 0 aromatic heterocycles. The summed E-state index contributed by atoms with van der Waals surface area (Å²) < 4.78 is 12.9. The lowest BCUT2D eigenvalue weighted by Gasteiger charge is -2.42. The topological polar surface area (TPSA) is 20.2 Å². The van der Waals surface area contributed by atoms with Gasteiger partial charge in [0.15, 0.2) is 0 Å². The van der Waals surface area contributed by atoms with Crippen LogP contribution in [0.4, 0.5) is 4.39 Å². The number of benzene rings is 1. The molecule has 2 aliphatic rings. The van der Waals surface area contributed by atoms with Crippen molar-refractivity contribution >= 4 is 0 Å². The fraction of sp³-hybridized carbons (Fsp3) is 0.625. The number of hydrogen-bond acceptors (Lipinski definition) is 1. The molecule has 0 heterocycles. The van der Waals surface area contributed by atoms with Gasteiger partial charge in [-0.1, -0.05) is 25.0 Å². The minimum Gasteiger partial charge on any atom is -0.385 e. The summed E-state index contributed by atoms with van der Waals surface area (Å²) >= 11 is 0. The van der Waals surface area contributed by atoms with Crippen LogP contribution in [0.3, 0.4) is 0 Å². The van der Waals surface area contributed by atoms with E-state index in [4.69, 9.17) is 0 Å². The quantitative estimate of drug-likeness (QED) is 0.791. The van der Waals surface area contributed by atoms with Crippen molar-refractivity contribution in [2.45, 2.75) is 57.0 Å². The van der Waals surface area contributed by atoms with E-state index >= 15 is 0 Å². The minimum absolute atomic E-state index is 0.231. The van der Waals surface area contributed by atoms with Crippen LogP contribution >= 0.6 is 0 Å². The molecule has 98 valence electrons. The monoisotopic (exact) mass is 248 g/mol.